The van der Waals surface area contributed by atoms with E-state index in [4.69, 9.17) is 0 Å². The number of amides is 3. The maximum Gasteiger partial charge on any atom is 0.298 e. The fourth-order valence-corrected chi connectivity index (χ4v) is 4.14. The van der Waals surface area contributed by atoms with Gasteiger partial charge in [-0.15, -0.1) is 0 Å². The number of hydrogen-bond acceptors (Lipinski definition) is 5. The molecule has 3 amide bonds. The molecule has 0 aromatic heterocycles. The lowest BCUT2D eigenvalue weighted by Crippen LogP contribution is -2.27. The summed E-state index contributed by atoms with van der Waals surface area (Å²) < 4.78 is 0.819. The van der Waals surface area contributed by atoms with Crippen molar-refractivity contribution >= 4 is 56.1 Å². The molecule has 6 nitrogen and oxygen atoms in total. The Bertz CT molecular complexity index is 1000. The Balaban J connectivity index is 1.69. The Labute approximate surface area is 161 Å². The van der Waals surface area contributed by atoms with Gasteiger partial charge in [-0.3, -0.25) is 14.4 Å². The summed E-state index contributed by atoms with van der Waals surface area (Å²) in [6.45, 7) is 0. The van der Waals surface area contributed by atoms with Crippen LogP contribution in [0.15, 0.2) is 57.9 Å². The number of rotatable bonds is 2. The predicted molar refractivity (Wildman–Crippen MR) is 102 cm³/mol. The number of nitrogens with zero attached hydrogens (tertiary/aromatic N) is 1. The van der Waals surface area contributed by atoms with E-state index in [-0.39, 0.29) is 22.2 Å². The molecule has 1 unspecified atom stereocenters. The molecule has 2 aromatic carbocycles. The molecule has 8 heteroatoms. The first-order chi connectivity index (χ1) is 12.4. The van der Waals surface area contributed by atoms with Crippen LogP contribution in [0.1, 0.15) is 11.5 Å². The number of phenolic OH excluding ortho intramolecular Hbond substituents is 1. The number of aromatic hydroxyl groups is 1. The third-order valence-corrected chi connectivity index (χ3v) is 5.47. The Hall–Kier alpha value is -2.58. The Morgan fingerprint density at radius 2 is 1.96 bits per heavy atom. The summed E-state index contributed by atoms with van der Waals surface area (Å²) in [5, 5.41) is 11.9. The minimum atomic E-state index is -0.647. The molecule has 0 spiro atoms. The molecule has 26 heavy (non-hydrogen) atoms. The van der Waals surface area contributed by atoms with Crippen molar-refractivity contribution < 1.29 is 19.5 Å². The smallest absolute Gasteiger partial charge is 0.298 e. The number of carbonyl (C=O) groups is 3. The van der Waals surface area contributed by atoms with E-state index in [9.17, 15) is 19.5 Å². The lowest BCUT2D eigenvalue weighted by Gasteiger charge is -2.12. The second-order valence-corrected chi connectivity index (χ2v) is 7.67. The fourth-order valence-electron chi connectivity index (χ4n) is 2.91. The molecule has 130 valence electrons. The van der Waals surface area contributed by atoms with Crippen LogP contribution in [0.4, 0.5) is 16.2 Å². The summed E-state index contributed by atoms with van der Waals surface area (Å²) >= 11 is 4.15. The zero-order chi connectivity index (χ0) is 18.4. The van der Waals surface area contributed by atoms with Gasteiger partial charge in [0, 0.05) is 16.2 Å². The van der Waals surface area contributed by atoms with Crippen LogP contribution in [0.2, 0.25) is 0 Å². The van der Waals surface area contributed by atoms with Gasteiger partial charge < -0.3 is 10.4 Å². The van der Waals surface area contributed by atoms with Gasteiger partial charge in [0.05, 0.1) is 16.5 Å². The number of fused-ring (bicyclic) bond motifs is 1. The molecule has 1 saturated heterocycles. The number of thioether (sulfide) groups is 1. The van der Waals surface area contributed by atoms with Gasteiger partial charge in [0.2, 0.25) is 5.91 Å². The normalized spacial score (nSPS) is 20.7. The molecule has 2 aromatic rings. The molecule has 2 N–H and O–H groups in total. The van der Waals surface area contributed by atoms with E-state index in [2.05, 4.69) is 21.2 Å². The second-order valence-electron chi connectivity index (χ2n) is 5.76. The van der Waals surface area contributed by atoms with Gasteiger partial charge in [-0.2, -0.15) is 0 Å². The van der Waals surface area contributed by atoms with Gasteiger partial charge in [0.15, 0.2) is 0 Å². The average molecular weight is 431 g/mol. The average Bonchev–Trinajstić information content (AvgIpc) is 3.04. The van der Waals surface area contributed by atoms with Gasteiger partial charge in [-0.25, -0.2) is 4.90 Å². The van der Waals surface area contributed by atoms with E-state index < -0.39 is 17.1 Å². The van der Waals surface area contributed by atoms with E-state index in [0.29, 0.717) is 5.69 Å². The molecule has 0 radical (unpaired) electrons. The lowest BCUT2D eigenvalue weighted by atomic mass is 10.00. The fraction of sp³-hybridized carbons (Fsp3) is 0.0556. The molecule has 2 heterocycles. The maximum atomic E-state index is 12.7. The number of hydrogen-bond donors (Lipinski definition) is 2. The summed E-state index contributed by atoms with van der Waals surface area (Å²) in [4.78, 5) is 38.5. The highest BCUT2D eigenvalue weighted by Gasteiger charge is 2.39. The van der Waals surface area contributed by atoms with Crippen LogP contribution >= 0.6 is 27.7 Å². The number of halogens is 1. The van der Waals surface area contributed by atoms with Crippen LogP contribution in [0.5, 0.6) is 5.75 Å². The monoisotopic (exact) mass is 430 g/mol. The first kappa shape index (κ1) is 16.9. The number of phenols is 1. The van der Waals surface area contributed by atoms with Crippen molar-refractivity contribution in [2.75, 3.05) is 10.2 Å². The Morgan fingerprint density at radius 3 is 2.73 bits per heavy atom. The zero-order valence-corrected chi connectivity index (χ0v) is 15.5. The number of imide groups is 1. The van der Waals surface area contributed by atoms with Gasteiger partial charge >= 0.3 is 0 Å². The summed E-state index contributed by atoms with van der Waals surface area (Å²) in [7, 11) is 0. The van der Waals surface area contributed by atoms with Gasteiger partial charge in [0.25, 0.3) is 11.1 Å². The molecule has 0 saturated carbocycles. The first-order valence-electron chi connectivity index (χ1n) is 7.61. The molecular formula is C18H11BrN2O4S. The second kappa shape index (κ2) is 6.30. The standard InChI is InChI=1S/C18H11BrN2O4S/c19-9-4-5-14-12(6-9)13(16(23)20-14)8-15-17(24)21(18(25)26-15)10-2-1-3-11(22)7-10/h1-8,13,22H,(H,20,23). The number of benzene rings is 2. The third-order valence-electron chi connectivity index (χ3n) is 4.09. The van der Waals surface area contributed by atoms with E-state index in [1.807, 2.05) is 12.1 Å². The van der Waals surface area contributed by atoms with E-state index in [1.165, 1.54) is 18.2 Å². The molecule has 1 atom stereocenters. The van der Waals surface area contributed by atoms with Crippen LogP contribution in [0, 0.1) is 0 Å². The molecular weight excluding hydrogens is 420 g/mol. The molecule has 0 bridgehead atoms. The van der Waals surface area contributed by atoms with Crippen molar-refractivity contribution in [3.05, 3.63) is 63.5 Å². The van der Waals surface area contributed by atoms with Crippen molar-refractivity contribution in [3.63, 3.8) is 0 Å². The lowest BCUT2D eigenvalue weighted by molar-refractivity contribution is -0.116. The van der Waals surface area contributed by atoms with Crippen LogP contribution < -0.4 is 10.2 Å². The summed E-state index contributed by atoms with van der Waals surface area (Å²) in [6, 6.07) is 11.3. The minimum absolute atomic E-state index is 0.0422. The van der Waals surface area contributed by atoms with Crippen LogP contribution in [-0.2, 0) is 9.59 Å². The summed E-state index contributed by atoms with van der Waals surface area (Å²) in [5.41, 5.74) is 1.72. The SMILES string of the molecule is O=C1Nc2ccc(Br)cc2C1C=C1SC(=O)N(c2cccc(O)c2)C1=O. The number of carbonyl (C=O) groups excluding carboxylic acids is 3. The third kappa shape index (κ3) is 2.81. The first-order valence-corrected chi connectivity index (χ1v) is 9.22. The van der Waals surface area contributed by atoms with E-state index in [0.717, 1.165) is 26.7 Å². The van der Waals surface area contributed by atoms with Crippen molar-refractivity contribution in [2.45, 2.75) is 5.92 Å². The highest BCUT2D eigenvalue weighted by molar-refractivity contribution is 9.10. The summed E-state index contributed by atoms with van der Waals surface area (Å²) in [5.74, 6) is -1.45. The molecule has 0 aliphatic carbocycles. The Morgan fingerprint density at radius 1 is 1.15 bits per heavy atom. The van der Waals surface area contributed by atoms with E-state index >= 15 is 0 Å². The Kier molecular flexibility index (Phi) is 4.08. The van der Waals surface area contributed by atoms with Crippen LogP contribution in [-0.4, -0.2) is 22.2 Å². The zero-order valence-electron chi connectivity index (χ0n) is 13.1. The minimum Gasteiger partial charge on any atom is -0.508 e. The van der Waals surface area contributed by atoms with Crippen molar-refractivity contribution in [2.24, 2.45) is 0 Å². The van der Waals surface area contributed by atoms with Crippen molar-refractivity contribution in [1.82, 2.24) is 0 Å². The highest BCUT2D eigenvalue weighted by Crippen LogP contribution is 2.41. The van der Waals surface area contributed by atoms with Gasteiger partial charge in [-0.1, -0.05) is 22.0 Å². The number of anilines is 2. The van der Waals surface area contributed by atoms with Crippen LogP contribution in [0.3, 0.4) is 0 Å². The van der Waals surface area contributed by atoms with Gasteiger partial charge in [0.1, 0.15) is 5.75 Å². The van der Waals surface area contributed by atoms with Gasteiger partial charge in [-0.05, 0) is 53.7 Å². The molecule has 2 aliphatic heterocycles. The van der Waals surface area contributed by atoms with Crippen molar-refractivity contribution in [1.29, 1.82) is 0 Å². The van der Waals surface area contributed by atoms with E-state index in [1.54, 1.807) is 18.2 Å². The van der Waals surface area contributed by atoms with Crippen LogP contribution in [0.25, 0.3) is 0 Å². The molecule has 1 fully saturated rings. The molecule has 2 aliphatic rings. The molecule has 4 rings (SSSR count). The summed E-state index contributed by atoms with van der Waals surface area (Å²) in [6.07, 6.45) is 1.52. The predicted octanol–water partition coefficient (Wildman–Crippen LogP) is 3.97. The highest BCUT2D eigenvalue weighted by atomic mass is 79.9. The maximum absolute atomic E-state index is 12.7. The number of nitrogens with one attached hydrogen (secondary N) is 1. The largest absolute Gasteiger partial charge is 0.508 e. The van der Waals surface area contributed by atoms with Crippen molar-refractivity contribution in [3.8, 4) is 5.75 Å². The topological polar surface area (TPSA) is 86.7 Å². The quantitative estimate of drug-likeness (QED) is 0.703.